The van der Waals surface area contributed by atoms with Gasteiger partial charge in [-0.3, -0.25) is 14.6 Å². The summed E-state index contributed by atoms with van der Waals surface area (Å²) in [7, 11) is 0. The molecule has 0 amide bonds. The van der Waals surface area contributed by atoms with Crippen LogP contribution in [-0.2, 0) is 6.54 Å². The van der Waals surface area contributed by atoms with E-state index in [0.717, 1.165) is 11.3 Å². The molecule has 0 radical (unpaired) electrons. The highest BCUT2D eigenvalue weighted by Crippen LogP contribution is 2.24. The van der Waals surface area contributed by atoms with Crippen molar-refractivity contribution in [2.24, 2.45) is 0 Å². The summed E-state index contributed by atoms with van der Waals surface area (Å²) in [6.07, 6.45) is 5.07. The summed E-state index contributed by atoms with van der Waals surface area (Å²) < 4.78 is 1.76. The number of hydrogen-bond donors (Lipinski definition) is 1. The number of rotatable bonds is 3. The van der Waals surface area contributed by atoms with Gasteiger partial charge >= 0.3 is 0 Å². The number of benzene rings is 1. The molecule has 5 nitrogen and oxygen atoms in total. The maximum atomic E-state index is 6.17. The van der Waals surface area contributed by atoms with Crippen LogP contribution in [0, 0.1) is 6.92 Å². The molecule has 0 unspecified atom stereocenters. The second-order valence-corrected chi connectivity index (χ2v) is 5.12. The molecular weight excluding hydrogens is 286 g/mol. The number of hydrogen-bond acceptors (Lipinski definition) is 4. The van der Waals surface area contributed by atoms with Crippen molar-refractivity contribution in [1.29, 1.82) is 0 Å². The SMILES string of the molecule is Cc1nccnc1-c1nn(Cc2ccccc2Cl)cc1N. The Morgan fingerprint density at radius 3 is 2.67 bits per heavy atom. The average molecular weight is 300 g/mol. The standard InChI is InChI=1S/C15H14ClN5/c1-10-14(19-7-6-18-10)15-13(17)9-21(20-15)8-11-4-2-3-5-12(11)16/h2-7,9H,8,17H2,1H3. The first-order valence-electron chi connectivity index (χ1n) is 6.49. The average Bonchev–Trinajstić information content (AvgIpc) is 2.83. The molecule has 3 rings (SSSR count). The summed E-state index contributed by atoms with van der Waals surface area (Å²) in [4.78, 5) is 8.52. The van der Waals surface area contributed by atoms with E-state index in [1.807, 2.05) is 31.2 Å². The summed E-state index contributed by atoms with van der Waals surface area (Å²) in [5, 5.41) is 5.22. The lowest BCUT2D eigenvalue weighted by Crippen LogP contribution is -2.01. The Labute approximate surface area is 127 Å². The van der Waals surface area contributed by atoms with Crippen molar-refractivity contribution in [3.8, 4) is 11.4 Å². The first-order chi connectivity index (χ1) is 10.1. The predicted octanol–water partition coefficient (Wildman–Crippen LogP) is 2.93. The fourth-order valence-electron chi connectivity index (χ4n) is 2.14. The van der Waals surface area contributed by atoms with Gasteiger partial charge in [0.2, 0.25) is 0 Å². The van der Waals surface area contributed by atoms with Gasteiger partial charge in [-0.25, -0.2) is 0 Å². The maximum absolute atomic E-state index is 6.17. The van der Waals surface area contributed by atoms with Crippen LogP contribution in [0.1, 0.15) is 11.3 Å². The molecule has 106 valence electrons. The quantitative estimate of drug-likeness (QED) is 0.807. The van der Waals surface area contributed by atoms with Crippen LogP contribution in [-0.4, -0.2) is 19.7 Å². The summed E-state index contributed by atoms with van der Waals surface area (Å²) in [5.74, 6) is 0. The number of aryl methyl sites for hydroxylation is 1. The zero-order valence-corrected chi connectivity index (χ0v) is 12.2. The number of anilines is 1. The third-order valence-corrected chi connectivity index (χ3v) is 3.55. The third kappa shape index (κ3) is 2.73. The third-order valence-electron chi connectivity index (χ3n) is 3.19. The zero-order chi connectivity index (χ0) is 14.8. The highest BCUT2D eigenvalue weighted by Gasteiger charge is 2.13. The van der Waals surface area contributed by atoms with E-state index in [9.17, 15) is 0 Å². The molecule has 0 saturated heterocycles. The molecule has 0 spiro atoms. The van der Waals surface area contributed by atoms with E-state index in [1.165, 1.54) is 0 Å². The molecular formula is C15H14ClN5. The topological polar surface area (TPSA) is 69.6 Å². The first kappa shape index (κ1) is 13.6. The van der Waals surface area contributed by atoms with E-state index in [0.29, 0.717) is 28.6 Å². The predicted molar refractivity (Wildman–Crippen MR) is 83.0 cm³/mol. The Kier molecular flexibility index (Phi) is 3.58. The Hall–Kier alpha value is -2.40. The van der Waals surface area contributed by atoms with Crippen molar-refractivity contribution in [3.63, 3.8) is 0 Å². The van der Waals surface area contributed by atoms with Crippen LogP contribution in [0.25, 0.3) is 11.4 Å². The van der Waals surface area contributed by atoms with Crippen LogP contribution < -0.4 is 5.73 Å². The minimum absolute atomic E-state index is 0.559. The van der Waals surface area contributed by atoms with Crippen LogP contribution in [0.3, 0.4) is 0 Å². The number of halogens is 1. The minimum atomic E-state index is 0.559. The second kappa shape index (κ2) is 5.54. The van der Waals surface area contributed by atoms with Gasteiger partial charge in [-0.15, -0.1) is 0 Å². The summed E-state index contributed by atoms with van der Waals surface area (Å²) in [5.41, 5.74) is 9.76. The van der Waals surface area contributed by atoms with Crippen LogP contribution >= 0.6 is 11.6 Å². The Morgan fingerprint density at radius 2 is 1.90 bits per heavy atom. The molecule has 1 aromatic carbocycles. The molecule has 2 heterocycles. The lowest BCUT2D eigenvalue weighted by Gasteiger charge is -2.04. The Balaban J connectivity index is 1.96. The minimum Gasteiger partial charge on any atom is -0.396 e. The largest absolute Gasteiger partial charge is 0.396 e. The van der Waals surface area contributed by atoms with Crippen LogP contribution in [0.2, 0.25) is 5.02 Å². The van der Waals surface area contributed by atoms with Gasteiger partial charge in [0.1, 0.15) is 11.4 Å². The van der Waals surface area contributed by atoms with Crippen LogP contribution in [0.4, 0.5) is 5.69 Å². The maximum Gasteiger partial charge on any atom is 0.135 e. The van der Waals surface area contributed by atoms with Crippen molar-refractivity contribution in [2.45, 2.75) is 13.5 Å². The van der Waals surface area contributed by atoms with E-state index < -0.39 is 0 Å². The van der Waals surface area contributed by atoms with Gasteiger partial charge in [-0.05, 0) is 18.6 Å². The Bertz CT molecular complexity index is 781. The molecule has 2 aromatic heterocycles. The fourth-order valence-corrected chi connectivity index (χ4v) is 2.34. The second-order valence-electron chi connectivity index (χ2n) is 4.71. The van der Waals surface area contributed by atoms with Crippen LogP contribution in [0.15, 0.2) is 42.9 Å². The molecule has 0 bridgehead atoms. The molecule has 21 heavy (non-hydrogen) atoms. The van der Waals surface area contributed by atoms with Gasteiger partial charge in [0.05, 0.1) is 17.9 Å². The fraction of sp³-hybridized carbons (Fsp3) is 0.133. The van der Waals surface area contributed by atoms with Gasteiger partial charge in [0, 0.05) is 23.6 Å². The number of nitrogens with zero attached hydrogens (tertiary/aromatic N) is 4. The molecule has 0 saturated carbocycles. The van der Waals surface area contributed by atoms with E-state index in [-0.39, 0.29) is 0 Å². The van der Waals surface area contributed by atoms with Crippen molar-refractivity contribution in [2.75, 3.05) is 5.73 Å². The lowest BCUT2D eigenvalue weighted by atomic mass is 10.2. The first-order valence-corrected chi connectivity index (χ1v) is 6.87. The molecule has 6 heteroatoms. The van der Waals surface area contributed by atoms with E-state index in [4.69, 9.17) is 17.3 Å². The normalized spacial score (nSPS) is 10.8. The van der Waals surface area contributed by atoms with Crippen LogP contribution in [0.5, 0.6) is 0 Å². The molecule has 0 aliphatic heterocycles. The van der Waals surface area contributed by atoms with Gasteiger partial charge in [0.15, 0.2) is 0 Å². The molecule has 0 aliphatic carbocycles. The monoisotopic (exact) mass is 299 g/mol. The molecule has 3 aromatic rings. The van der Waals surface area contributed by atoms with E-state index >= 15 is 0 Å². The number of nitrogens with two attached hydrogens (primary N) is 1. The van der Waals surface area contributed by atoms with Gasteiger partial charge in [-0.2, -0.15) is 5.10 Å². The summed E-state index contributed by atoms with van der Waals surface area (Å²) in [6.45, 7) is 2.44. The lowest BCUT2D eigenvalue weighted by molar-refractivity contribution is 0.689. The number of aromatic nitrogens is 4. The zero-order valence-electron chi connectivity index (χ0n) is 11.5. The molecule has 0 aliphatic rings. The van der Waals surface area contributed by atoms with Crippen molar-refractivity contribution in [1.82, 2.24) is 19.7 Å². The smallest absolute Gasteiger partial charge is 0.135 e. The van der Waals surface area contributed by atoms with Crippen molar-refractivity contribution < 1.29 is 0 Å². The molecule has 2 N–H and O–H groups in total. The van der Waals surface area contributed by atoms with Crippen molar-refractivity contribution in [3.05, 3.63) is 59.1 Å². The molecule has 0 atom stereocenters. The summed E-state index contributed by atoms with van der Waals surface area (Å²) >= 11 is 6.17. The van der Waals surface area contributed by atoms with E-state index in [2.05, 4.69) is 15.1 Å². The van der Waals surface area contributed by atoms with Gasteiger partial charge < -0.3 is 5.73 Å². The highest BCUT2D eigenvalue weighted by atomic mass is 35.5. The van der Waals surface area contributed by atoms with E-state index in [1.54, 1.807) is 23.3 Å². The highest BCUT2D eigenvalue weighted by molar-refractivity contribution is 6.31. The number of nitrogen functional groups attached to an aromatic ring is 1. The summed E-state index contributed by atoms with van der Waals surface area (Å²) in [6, 6.07) is 7.67. The van der Waals surface area contributed by atoms with Crippen molar-refractivity contribution >= 4 is 17.3 Å². The van der Waals surface area contributed by atoms with Gasteiger partial charge in [-0.1, -0.05) is 29.8 Å². The van der Waals surface area contributed by atoms with Gasteiger partial charge in [0.25, 0.3) is 0 Å². The molecule has 0 fully saturated rings. The Morgan fingerprint density at radius 1 is 1.14 bits per heavy atom.